The van der Waals surface area contributed by atoms with Gasteiger partial charge in [-0.1, -0.05) is 66.7 Å². The largest absolute Gasteiger partial charge is 0.481 e. The van der Waals surface area contributed by atoms with Crippen molar-refractivity contribution in [1.82, 2.24) is 4.98 Å². The van der Waals surface area contributed by atoms with E-state index < -0.39 is 33.5 Å². The molecule has 0 unspecified atom stereocenters. The molecule has 5 aromatic rings. The van der Waals surface area contributed by atoms with Crippen molar-refractivity contribution in [3.63, 3.8) is 0 Å². The van der Waals surface area contributed by atoms with Crippen LogP contribution in [0.5, 0.6) is 0 Å². The SMILES string of the molecule is O=C(O)Cc1ccc(S(=O)(=O)Nc2cccc(-c3c(C(=O)c4ccccc4)cnc4c(C(F)(F)F)cccc34)c2)cc1. The summed E-state index contributed by atoms with van der Waals surface area (Å²) in [7, 11) is -4.12. The minimum absolute atomic E-state index is 0.0436. The maximum Gasteiger partial charge on any atom is 0.418 e. The first-order valence-electron chi connectivity index (χ1n) is 12.5. The van der Waals surface area contributed by atoms with Gasteiger partial charge < -0.3 is 5.11 Å². The molecule has 1 heterocycles. The number of aromatic nitrogens is 1. The summed E-state index contributed by atoms with van der Waals surface area (Å²) in [6, 6.07) is 23.1. The molecule has 1 aromatic heterocycles. The lowest BCUT2D eigenvalue weighted by molar-refractivity contribution is -0.137. The molecule has 0 saturated carbocycles. The van der Waals surface area contributed by atoms with Crippen molar-refractivity contribution >= 4 is 38.4 Å². The van der Waals surface area contributed by atoms with Crippen molar-refractivity contribution in [3.05, 3.63) is 126 Å². The van der Waals surface area contributed by atoms with Crippen LogP contribution in [-0.2, 0) is 27.4 Å². The Bertz CT molecular complexity index is 1930. The summed E-state index contributed by atoms with van der Waals surface area (Å²) in [5, 5.41) is 9.01. The second-order valence-corrected chi connectivity index (χ2v) is 11.0. The molecule has 0 saturated heterocycles. The predicted octanol–water partition coefficient (Wildman–Crippen LogP) is 6.58. The van der Waals surface area contributed by atoms with Crippen LogP contribution in [0.15, 0.2) is 108 Å². The number of hydrogen-bond acceptors (Lipinski definition) is 5. The summed E-state index contributed by atoms with van der Waals surface area (Å²) in [5.41, 5.74) is -0.00612. The maximum atomic E-state index is 13.9. The molecule has 7 nitrogen and oxygen atoms in total. The smallest absolute Gasteiger partial charge is 0.418 e. The Morgan fingerprint density at radius 3 is 2.21 bits per heavy atom. The first-order valence-corrected chi connectivity index (χ1v) is 13.9. The second-order valence-electron chi connectivity index (χ2n) is 9.34. The van der Waals surface area contributed by atoms with Crippen LogP contribution in [0.1, 0.15) is 27.0 Å². The molecule has 212 valence electrons. The molecule has 0 radical (unpaired) electrons. The van der Waals surface area contributed by atoms with E-state index in [2.05, 4.69) is 9.71 Å². The maximum absolute atomic E-state index is 13.9. The minimum atomic E-state index is -4.70. The van der Waals surface area contributed by atoms with Crippen LogP contribution in [0, 0.1) is 0 Å². The number of hydrogen-bond donors (Lipinski definition) is 2. The molecule has 5 rings (SSSR count). The third-order valence-corrected chi connectivity index (χ3v) is 7.87. The summed E-state index contributed by atoms with van der Waals surface area (Å²) >= 11 is 0. The van der Waals surface area contributed by atoms with Gasteiger partial charge in [0.05, 0.1) is 22.4 Å². The van der Waals surface area contributed by atoms with Gasteiger partial charge in [-0.15, -0.1) is 0 Å². The number of nitrogens with one attached hydrogen (secondary N) is 1. The lowest BCUT2D eigenvalue weighted by atomic mass is 9.91. The van der Waals surface area contributed by atoms with E-state index in [9.17, 15) is 31.2 Å². The van der Waals surface area contributed by atoms with Gasteiger partial charge in [0, 0.05) is 34.0 Å². The van der Waals surface area contributed by atoms with Gasteiger partial charge in [0.15, 0.2) is 5.78 Å². The third kappa shape index (κ3) is 5.86. The quantitative estimate of drug-likeness (QED) is 0.198. The second kappa shape index (κ2) is 11.1. The third-order valence-electron chi connectivity index (χ3n) is 6.48. The summed E-state index contributed by atoms with van der Waals surface area (Å²) in [6.45, 7) is 0. The summed E-state index contributed by atoms with van der Waals surface area (Å²) in [5.74, 6) is -1.53. The number of aliphatic carboxylic acids is 1. The van der Waals surface area contributed by atoms with Crippen molar-refractivity contribution in [2.75, 3.05) is 4.72 Å². The zero-order valence-corrected chi connectivity index (χ0v) is 22.4. The number of fused-ring (bicyclic) bond motifs is 1. The average Bonchev–Trinajstić information content (AvgIpc) is 2.95. The Morgan fingerprint density at radius 2 is 1.55 bits per heavy atom. The number of halogens is 3. The molecular formula is C31H21F3N2O5S. The first-order chi connectivity index (χ1) is 19.9. The van der Waals surface area contributed by atoms with E-state index >= 15 is 0 Å². The van der Waals surface area contributed by atoms with E-state index in [1.54, 1.807) is 36.4 Å². The van der Waals surface area contributed by atoms with E-state index in [4.69, 9.17) is 5.11 Å². The molecule has 4 aromatic carbocycles. The fraction of sp³-hybridized carbons (Fsp3) is 0.0645. The molecular weight excluding hydrogens is 569 g/mol. The van der Waals surface area contributed by atoms with E-state index in [0.29, 0.717) is 11.1 Å². The molecule has 0 aliphatic carbocycles. The number of carbonyl (C=O) groups is 2. The van der Waals surface area contributed by atoms with Crippen LogP contribution in [0.2, 0.25) is 0 Å². The van der Waals surface area contributed by atoms with E-state index in [1.165, 1.54) is 54.6 Å². The Labute approximate surface area is 238 Å². The monoisotopic (exact) mass is 590 g/mol. The molecule has 2 N–H and O–H groups in total. The molecule has 0 amide bonds. The highest BCUT2D eigenvalue weighted by Crippen LogP contribution is 2.39. The number of benzene rings is 4. The number of rotatable bonds is 8. The van der Waals surface area contributed by atoms with Gasteiger partial charge in [0.2, 0.25) is 0 Å². The Balaban J connectivity index is 1.62. The van der Waals surface area contributed by atoms with Gasteiger partial charge in [-0.3, -0.25) is 19.3 Å². The van der Waals surface area contributed by atoms with Gasteiger partial charge >= 0.3 is 12.1 Å². The average molecular weight is 591 g/mol. The summed E-state index contributed by atoms with van der Waals surface area (Å²) < 4.78 is 70.2. The molecule has 0 atom stereocenters. The standard InChI is InChI=1S/C31H21F3N2O5S/c32-31(33,34)26-11-5-10-24-28(25(18-35-29(24)26)30(39)20-6-2-1-3-7-20)21-8-4-9-22(17-21)36-42(40,41)23-14-12-19(13-15-23)16-27(37)38/h1-15,17-18,36H,16H2,(H,37,38). The fourth-order valence-electron chi connectivity index (χ4n) is 4.59. The highest BCUT2D eigenvalue weighted by molar-refractivity contribution is 7.92. The van der Waals surface area contributed by atoms with E-state index in [1.807, 2.05) is 0 Å². The Hall–Kier alpha value is -5.03. The Morgan fingerprint density at radius 1 is 0.857 bits per heavy atom. The number of sulfonamides is 1. The lowest BCUT2D eigenvalue weighted by Gasteiger charge is -2.17. The molecule has 0 bridgehead atoms. The number of carboxylic acid groups (broad SMARTS) is 1. The van der Waals surface area contributed by atoms with Crippen molar-refractivity contribution in [1.29, 1.82) is 0 Å². The van der Waals surface area contributed by atoms with Crippen molar-refractivity contribution in [2.45, 2.75) is 17.5 Å². The van der Waals surface area contributed by atoms with Crippen molar-refractivity contribution in [3.8, 4) is 11.1 Å². The first kappa shape index (κ1) is 28.5. The lowest BCUT2D eigenvalue weighted by Crippen LogP contribution is -2.13. The topological polar surface area (TPSA) is 113 Å². The molecule has 42 heavy (non-hydrogen) atoms. The van der Waals surface area contributed by atoms with Crippen LogP contribution in [0.4, 0.5) is 18.9 Å². The highest BCUT2D eigenvalue weighted by atomic mass is 32.2. The molecule has 0 spiro atoms. The number of pyridine rings is 1. The van der Waals surface area contributed by atoms with E-state index in [-0.39, 0.29) is 44.6 Å². The summed E-state index contributed by atoms with van der Waals surface area (Å²) in [4.78, 5) is 28.4. The number of para-hydroxylation sites is 1. The molecule has 0 aliphatic rings. The van der Waals surface area contributed by atoms with Gasteiger partial charge in [-0.25, -0.2) is 8.42 Å². The number of nitrogens with zero attached hydrogens (tertiary/aromatic N) is 1. The zero-order valence-electron chi connectivity index (χ0n) is 21.6. The van der Waals surface area contributed by atoms with Gasteiger partial charge in [-0.2, -0.15) is 13.2 Å². The molecule has 0 fully saturated rings. The number of ketones is 1. The van der Waals surface area contributed by atoms with Crippen LogP contribution in [0.3, 0.4) is 0 Å². The minimum Gasteiger partial charge on any atom is -0.481 e. The highest BCUT2D eigenvalue weighted by Gasteiger charge is 2.34. The van der Waals surface area contributed by atoms with Gasteiger partial charge in [0.1, 0.15) is 0 Å². The van der Waals surface area contributed by atoms with Crippen LogP contribution >= 0.6 is 0 Å². The van der Waals surface area contributed by atoms with Crippen LogP contribution in [-0.4, -0.2) is 30.3 Å². The number of carbonyl (C=O) groups excluding carboxylic acids is 1. The normalized spacial score (nSPS) is 11.8. The molecule has 0 aliphatic heterocycles. The number of carboxylic acids is 1. The van der Waals surface area contributed by atoms with Gasteiger partial charge in [0.25, 0.3) is 10.0 Å². The Kier molecular flexibility index (Phi) is 7.53. The number of alkyl halides is 3. The van der Waals surface area contributed by atoms with Crippen molar-refractivity contribution < 1.29 is 36.3 Å². The summed E-state index contributed by atoms with van der Waals surface area (Å²) in [6.07, 6.45) is -3.86. The predicted molar refractivity (Wildman–Crippen MR) is 151 cm³/mol. The zero-order chi connectivity index (χ0) is 30.1. The van der Waals surface area contributed by atoms with Gasteiger partial charge in [-0.05, 0) is 41.5 Å². The van der Waals surface area contributed by atoms with E-state index in [0.717, 1.165) is 12.3 Å². The number of anilines is 1. The van der Waals surface area contributed by atoms with Crippen molar-refractivity contribution in [2.24, 2.45) is 0 Å². The van der Waals surface area contributed by atoms with Crippen LogP contribution in [0.25, 0.3) is 22.0 Å². The fourth-order valence-corrected chi connectivity index (χ4v) is 5.64. The molecule has 11 heteroatoms. The van der Waals surface area contributed by atoms with Crippen LogP contribution < -0.4 is 4.72 Å².